The lowest BCUT2D eigenvalue weighted by Gasteiger charge is -2.25. The van der Waals surface area contributed by atoms with Crippen LogP contribution in [0, 0.1) is 0 Å². The van der Waals surface area contributed by atoms with Crippen LogP contribution in [0.4, 0.5) is 0 Å². The number of carbonyl (C=O) groups excluding carboxylic acids is 2. The Hall–Kier alpha value is -2.37. The Balaban J connectivity index is 2.20. The predicted molar refractivity (Wildman–Crippen MR) is 85.4 cm³/mol. The molecule has 0 heterocycles. The zero-order valence-electron chi connectivity index (χ0n) is 13.5. The maximum absolute atomic E-state index is 12.4. The summed E-state index contributed by atoms with van der Waals surface area (Å²) >= 11 is 0. The third-order valence-electron chi connectivity index (χ3n) is 4.41. The monoisotopic (exact) mass is 318 g/mol. The average molecular weight is 318 g/mol. The van der Waals surface area contributed by atoms with E-state index in [2.05, 4.69) is 5.32 Å². The van der Waals surface area contributed by atoms with Crippen LogP contribution in [0.5, 0.6) is 0 Å². The molecule has 1 saturated carbocycles. The lowest BCUT2D eigenvalue weighted by Crippen LogP contribution is -2.52. The molecule has 1 aliphatic carbocycles. The first-order chi connectivity index (χ1) is 10.9. The van der Waals surface area contributed by atoms with E-state index in [1.54, 1.807) is 30.1 Å². The molecule has 1 fully saturated rings. The zero-order chi connectivity index (χ0) is 17.0. The first-order valence-electron chi connectivity index (χ1n) is 7.81. The number of hydrogen-bond acceptors (Lipinski definition) is 3. The molecule has 0 bridgehead atoms. The van der Waals surface area contributed by atoms with Crippen molar-refractivity contribution in [1.29, 1.82) is 0 Å². The van der Waals surface area contributed by atoms with E-state index in [9.17, 15) is 19.5 Å². The van der Waals surface area contributed by atoms with Crippen LogP contribution in [-0.4, -0.2) is 46.9 Å². The Morgan fingerprint density at radius 1 is 1.22 bits per heavy atom. The third-order valence-corrected chi connectivity index (χ3v) is 4.41. The molecule has 0 aliphatic heterocycles. The number of amides is 2. The highest BCUT2D eigenvalue weighted by Crippen LogP contribution is 2.30. The summed E-state index contributed by atoms with van der Waals surface area (Å²) in [7, 11) is 1.69. The lowest BCUT2D eigenvalue weighted by molar-refractivity contribution is -0.144. The summed E-state index contributed by atoms with van der Waals surface area (Å²) in [6.07, 6.45) is 2.44. The molecule has 1 aliphatic rings. The summed E-state index contributed by atoms with van der Waals surface area (Å²) in [6.45, 7) is 2.43. The maximum Gasteiger partial charge on any atom is 0.329 e. The number of aliphatic carboxylic acids is 1. The van der Waals surface area contributed by atoms with Crippen molar-refractivity contribution in [3.63, 3.8) is 0 Å². The highest BCUT2D eigenvalue weighted by atomic mass is 16.4. The van der Waals surface area contributed by atoms with Gasteiger partial charge in [-0.15, -0.1) is 0 Å². The normalized spacial score (nSPS) is 15.9. The minimum atomic E-state index is -1.18. The van der Waals surface area contributed by atoms with Crippen molar-refractivity contribution in [2.24, 2.45) is 0 Å². The quantitative estimate of drug-likeness (QED) is 0.868. The lowest BCUT2D eigenvalue weighted by atomic mass is 9.97. The van der Waals surface area contributed by atoms with Gasteiger partial charge >= 0.3 is 5.97 Å². The standard InChI is InChI=1S/C17H22N2O4/c1-3-19(2)15(21)13-8-6-7-12(11-13)14(20)18-17(16(22)23)9-4-5-10-17/h6-8,11H,3-5,9-10H2,1-2H3,(H,18,20)(H,22,23). The van der Waals surface area contributed by atoms with Crippen LogP contribution in [0.3, 0.4) is 0 Å². The number of hydrogen-bond donors (Lipinski definition) is 2. The molecule has 0 saturated heterocycles. The molecule has 6 heteroatoms. The molecule has 23 heavy (non-hydrogen) atoms. The summed E-state index contributed by atoms with van der Waals surface area (Å²) in [6, 6.07) is 6.37. The molecule has 6 nitrogen and oxygen atoms in total. The number of carboxylic acids is 1. The van der Waals surface area contributed by atoms with Gasteiger partial charge in [0.2, 0.25) is 0 Å². The van der Waals surface area contributed by atoms with Crippen molar-refractivity contribution in [2.45, 2.75) is 38.1 Å². The molecule has 2 amide bonds. The van der Waals surface area contributed by atoms with Crippen LogP contribution in [-0.2, 0) is 4.79 Å². The van der Waals surface area contributed by atoms with E-state index in [-0.39, 0.29) is 5.91 Å². The van der Waals surface area contributed by atoms with Crippen molar-refractivity contribution in [3.05, 3.63) is 35.4 Å². The average Bonchev–Trinajstić information content (AvgIpc) is 3.03. The summed E-state index contributed by atoms with van der Waals surface area (Å²) in [5.74, 6) is -1.62. The molecule has 1 aromatic rings. The number of carbonyl (C=O) groups is 3. The smallest absolute Gasteiger partial charge is 0.329 e. The Morgan fingerprint density at radius 3 is 2.39 bits per heavy atom. The van der Waals surface area contributed by atoms with Gasteiger partial charge < -0.3 is 15.3 Å². The fraction of sp³-hybridized carbons (Fsp3) is 0.471. The molecule has 1 aromatic carbocycles. The highest BCUT2D eigenvalue weighted by molar-refractivity contribution is 6.01. The van der Waals surface area contributed by atoms with Crippen LogP contribution < -0.4 is 5.32 Å². The van der Waals surface area contributed by atoms with E-state index in [0.29, 0.717) is 30.5 Å². The van der Waals surface area contributed by atoms with E-state index in [4.69, 9.17) is 0 Å². The zero-order valence-corrected chi connectivity index (χ0v) is 13.5. The fourth-order valence-electron chi connectivity index (χ4n) is 2.82. The Morgan fingerprint density at radius 2 is 1.83 bits per heavy atom. The first-order valence-corrected chi connectivity index (χ1v) is 7.81. The SMILES string of the molecule is CCN(C)C(=O)c1cccc(C(=O)NC2(C(=O)O)CCCC2)c1. The molecule has 0 atom stereocenters. The fourth-order valence-corrected chi connectivity index (χ4v) is 2.82. The maximum atomic E-state index is 12.4. The number of benzene rings is 1. The Bertz CT molecular complexity index is 621. The van der Waals surface area contributed by atoms with E-state index in [1.807, 2.05) is 6.92 Å². The molecule has 0 unspecified atom stereocenters. The Labute approximate surface area is 135 Å². The van der Waals surface area contributed by atoms with E-state index in [0.717, 1.165) is 12.8 Å². The number of nitrogens with one attached hydrogen (secondary N) is 1. The van der Waals surface area contributed by atoms with Gasteiger partial charge in [-0.2, -0.15) is 0 Å². The van der Waals surface area contributed by atoms with Gasteiger partial charge in [-0.05, 0) is 38.0 Å². The van der Waals surface area contributed by atoms with Gasteiger partial charge in [0.25, 0.3) is 11.8 Å². The van der Waals surface area contributed by atoms with Crippen LogP contribution >= 0.6 is 0 Å². The molecule has 0 radical (unpaired) electrons. The molecule has 2 rings (SSSR count). The van der Waals surface area contributed by atoms with Gasteiger partial charge in [-0.3, -0.25) is 9.59 Å². The molecule has 124 valence electrons. The highest BCUT2D eigenvalue weighted by Gasteiger charge is 2.42. The molecule has 0 aromatic heterocycles. The van der Waals surface area contributed by atoms with Gasteiger partial charge in [0.15, 0.2) is 0 Å². The first kappa shape index (κ1) is 17.0. The van der Waals surface area contributed by atoms with Gasteiger partial charge in [0, 0.05) is 24.7 Å². The minimum absolute atomic E-state index is 0.170. The second kappa shape index (κ2) is 6.81. The number of nitrogens with zero attached hydrogens (tertiary/aromatic N) is 1. The van der Waals surface area contributed by atoms with Crippen LogP contribution in [0.1, 0.15) is 53.3 Å². The van der Waals surface area contributed by atoms with Crippen molar-refractivity contribution >= 4 is 17.8 Å². The summed E-state index contributed by atoms with van der Waals surface area (Å²) in [5, 5.41) is 12.1. The van der Waals surface area contributed by atoms with Crippen LogP contribution in [0.15, 0.2) is 24.3 Å². The second-order valence-electron chi connectivity index (χ2n) is 5.95. The molecule has 0 spiro atoms. The van der Waals surface area contributed by atoms with Crippen LogP contribution in [0.25, 0.3) is 0 Å². The van der Waals surface area contributed by atoms with E-state index < -0.39 is 17.4 Å². The number of carboxylic acid groups (broad SMARTS) is 1. The van der Waals surface area contributed by atoms with Gasteiger partial charge in [-0.1, -0.05) is 18.9 Å². The summed E-state index contributed by atoms with van der Waals surface area (Å²) in [4.78, 5) is 37.7. The third kappa shape index (κ3) is 3.52. The molecular formula is C17H22N2O4. The van der Waals surface area contributed by atoms with E-state index in [1.165, 1.54) is 6.07 Å². The summed E-state index contributed by atoms with van der Waals surface area (Å²) in [5.41, 5.74) is -0.470. The van der Waals surface area contributed by atoms with Gasteiger partial charge in [0.05, 0.1) is 0 Å². The Kier molecular flexibility index (Phi) is 5.03. The second-order valence-corrected chi connectivity index (χ2v) is 5.95. The van der Waals surface area contributed by atoms with Crippen molar-refractivity contribution in [1.82, 2.24) is 10.2 Å². The number of rotatable bonds is 5. The predicted octanol–water partition coefficient (Wildman–Crippen LogP) is 1.91. The molecular weight excluding hydrogens is 296 g/mol. The van der Waals surface area contributed by atoms with Crippen LogP contribution in [0.2, 0.25) is 0 Å². The molecule has 2 N–H and O–H groups in total. The van der Waals surface area contributed by atoms with Gasteiger partial charge in [0.1, 0.15) is 5.54 Å². The van der Waals surface area contributed by atoms with Crippen molar-refractivity contribution in [2.75, 3.05) is 13.6 Å². The topological polar surface area (TPSA) is 86.7 Å². The minimum Gasteiger partial charge on any atom is -0.480 e. The van der Waals surface area contributed by atoms with Gasteiger partial charge in [-0.25, -0.2) is 4.79 Å². The van der Waals surface area contributed by atoms with E-state index >= 15 is 0 Å². The van der Waals surface area contributed by atoms with Crippen molar-refractivity contribution in [3.8, 4) is 0 Å². The van der Waals surface area contributed by atoms with Crippen molar-refractivity contribution < 1.29 is 19.5 Å². The summed E-state index contributed by atoms with van der Waals surface area (Å²) < 4.78 is 0. The largest absolute Gasteiger partial charge is 0.480 e.